The Balaban J connectivity index is 2.58. The smallest absolute Gasteiger partial charge is 0.420 e. The average Bonchev–Trinajstić information content (AvgIpc) is 2.86. The maximum absolute atomic E-state index is 12.8. The molecule has 0 aliphatic rings. The number of alkyl halides is 3. The highest BCUT2D eigenvalue weighted by molar-refractivity contribution is 5.87. The lowest BCUT2D eigenvalue weighted by molar-refractivity contribution is -0.138. The first kappa shape index (κ1) is 14.7. The number of nitrogens with zero attached hydrogens (tertiary/aromatic N) is 1. The molecule has 9 heteroatoms. The van der Waals surface area contributed by atoms with Crippen molar-refractivity contribution in [2.24, 2.45) is 0 Å². The molecule has 6 nitrogen and oxygen atoms in total. The van der Waals surface area contributed by atoms with Gasteiger partial charge >= 0.3 is 12.1 Å². The van der Waals surface area contributed by atoms with Gasteiger partial charge in [0.05, 0.1) is 12.7 Å². The van der Waals surface area contributed by atoms with Crippen molar-refractivity contribution >= 4 is 5.97 Å². The predicted molar refractivity (Wildman–Crippen MR) is 62.1 cm³/mol. The van der Waals surface area contributed by atoms with Crippen molar-refractivity contribution in [2.75, 3.05) is 7.11 Å². The lowest BCUT2D eigenvalue weighted by Crippen LogP contribution is -2.07. The predicted octanol–water partition coefficient (Wildman–Crippen LogP) is 2.77. The third kappa shape index (κ3) is 2.62. The van der Waals surface area contributed by atoms with Gasteiger partial charge in [0.25, 0.3) is 0 Å². The minimum absolute atomic E-state index is 0.167. The number of methoxy groups -OCH3 is 1. The average molecular weight is 303 g/mol. The van der Waals surface area contributed by atoms with E-state index >= 15 is 0 Å². The highest BCUT2D eigenvalue weighted by Crippen LogP contribution is 2.45. The van der Waals surface area contributed by atoms with Gasteiger partial charge in [-0.05, 0) is 12.1 Å². The van der Waals surface area contributed by atoms with Crippen LogP contribution in [0.3, 0.4) is 0 Å². The Morgan fingerprint density at radius 1 is 1.38 bits per heavy atom. The second-order valence-corrected chi connectivity index (χ2v) is 3.92. The summed E-state index contributed by atoms with van der Waals surface area (Å²) in [5, 5.41) is 21.8. The molecule has 0 unspecified atom stereocenters. The molecule has 0 spiro atoms. The van der Waals surface area contributed by atoms with E-state index in [0.29, 0.717) is 6.07 Å². The molecule has 2 N–H and O–H groups in total. The van der Waals surface area contributed by atoms with Gasteiger partial charge in [0, 0.05) is 6.07 Å². The molecule has 0 aliphatic carbocycles. The lowest BCUT2D eigenvalue weighted by Gasteiger charge is -2.14. The van der Waals surface area contributed by atoms with Crippen LogP contribution in [0.4, 0.5) is 13.2 Å². The summed E-state index contributed by atoms with van der Waals surface area (Å²) in [6.07, 6.45) is -4.71. The topological polar surface area (TPSA) is 92.8 Å². The normalized spacial score (nSPS) is 11.4. The van der Waals surface area contributed by atoms with E-state index in [0.717, 1.165) is 19.2 Å². The first-order chi connectivity index (χ1) is 9.75. The van der Waals surface area contributed by atoms with Crippen LogP contribution in [0.25, 0.3) is 11.3 Å². The van der Waals surface area contributed by atoms with E-state index in [9.17, 15) is 23.1 Å². The van der Waals surface area contributed by atoms with Crippen LogP contribution < -0.4 is 4.74 Å². The summed E-state index contributed by atoms with van der Waals surface area (Å²) >= 11 is 0. The Morgan fingerprint density at radius 3 is 2.52 bits per heavy atom. The number of ether oxygens (including phenoxy) is 1. The molecule has 0 fully saturated rings. The molecule has 2 rings (SSSR count). The van der Waals surface area contributed by atoms with E-state index in [1.54, 1.807) is 0 Å². The lowest BCUT2D eigenvalue weighted by atomic mass is 10.1. The molecular formula is C12H8F3NO5. The van der Waals surface area contributed by atoms with Gasteiger partial charge in [-0.2, -0.15) is 13.2 Å². The summed E-state index contributed by atoms with van der Waals surface area (Å²) in [5.41, 5.74) is -1.77. The van der Waals surface area contributed by atoms with Crippen molar-refractivity contribution < 1.29 is 37.4 Å². The number of rotatable bonds is 3. The number of halogens is 3. The molecular weight excluding hydrogens is 295 g/mol. The van der Waals surface area contributed by atoms with Crippen molar-refractivity contribution in [1.29, 1.82) is 0 Å². The van der Waals surface area contributed by atoms with Crippen LogP contribution in [-0.4, -0.2) is 28.4 Å². The van der Waals surface area contributed by atoms with Crippen LogP contribution in [0.2, 0.25) is 0 Å². The van der Waals surface area contributed by atoms with Gasteiger partial charge in [0.15, 0.2) is 23.0 Å². The SMILES string of the molecule is COc1c(C(F)(F)F)ccc(-c2cc(C(=O)O)no2)c1O. The number of carboxylic acid groups (broad SMARTS) is 1. The van der Waals surface area contributed by atoms with E-state index in [1.165, 1.54) is 0 Å². The Kier molecular flexibility index (Phi) is 3.50. The molecule has 0 amide bonds. The van der Waals surface area contributed by atoms with E-state index < -0.39 is 34.9 Å². The van der Waals surface area contributed by atoms with E-state index in [-0.39, 0.29) is 11.3 Å². The molecule has 0 saturated heterocycles. The highest BCUT2D eigenvalue weighted by Gasteiger charge is 2.36. The fourth-order valence-electron chi connectivity index (χ4n) is 1.70. The summed E-state index contributed by atoms with van der Waals surface area (Å²) in [6.45, 7) is 0. The summed E-state index contributed by atoms with van der Waals surface area (Å²) in [7, 11) is 0.969. The Morgan fingerprint density at radius 2 is 2.05 bits per heavy atom. The molecule has 0 bridgehead atoms. The Labute approximate surface area is 115 Å². The maximum atomic E-state index is 12.8. The zero-order chi connectivity index (χ0) is 15.8. The second-order valence-electron chi connectivity index (χ2n) is 3.92. The van der Waals surface area contributed by atoms with Crippen LogP contribution in [0.1, 0.15) is 16.1 Å². The van der Waals surface area contributed by atoms with Crippen molar-refractivity contribution in [1.82, 2.24) is 5.16 Å². The first-order valence-corrected chi connectivity index (χ1v) is 5.43. The fraction of sp³-hybridized carbons (Fsp3) is 0.167. The maximum Gasteiger partial charge on any atom is 0.420 e. The van der Waals surface area contributed by atoms with Crippen molar-refractivity contribution in [3.63, 3.8) is 0 Å². The minimum atomic E-state index is -4.71. The number of aromatic nitrogens is 1. The van der Waals surface area contributed by atoms with Crippen molar-refractivity contribution in [2.45, 2.75) is 6.18 Å². The number of aromatic hydroxyl groups is 1. The van der Waals surface area contributed by atoms with Gasteiger partial charge in [-0.1, -0.05) is 5.16 Å². The fourth-order valence-corrected chi connectivity index (χ4v) is 1.70. The van der Waals surface area contributed by atoms with E-state index in [1.807, 2.05) is 0 Å². The molecule has 21 heavy (non-hydrogen) atoms. The van der Waals surface area contributed by atoms with E-state index in [2.05, 4.69) is 9.89 Å². The first-order valence-electron chi connectivity index (χ1n) is 5.43. The molecule has 1 heterocycles. The van der Waals surface area contributed by atoms with Gasteiger partial charge in [0.2, 0.25) is 0 Å². The van der Waals surface area contributed by atoms with Crippen LogP contribution in [0.15, 0.2) is 22.7 Å². The molecule has 1 aromatic heterocycles. The van der Waals surface area contributed by atoms with E-state index in [4.69, 9.17) is 9.63 Å². The quantitative estimate of drug-likeness (QED) is 0.905. The third-order valence-electron chi connectivity index (χ3n) is 2.64. The van der Waals surface area contributed by atoms with Gasteiger partial charge in [-0.15, -0.1) is 0 Å². The van der Waals surface area contributed by atoms with Crippen molar-refractivity contribution in [3.05, 3.63) is 29.5 Å². The molecule has 112 valence electrons. The number of phenols is 1. The number of hydrogen-bond donors (Lipinski definition) is 2. The van der Waals surface area contributed by atoms with Crippen LogP contribution >= 0.6 is 0 Å². The molecule has 2 aromatic rings. The molecule has 0 saturated carbocycles. The van der Waals surface area contributed by atoms with Gasteiger partial charge in [-0.25, -0.2) is 4.79 Å². The number of benzene rings is 1. The van der Waals surface area contributed by atoms with Crippen LogP contribution in [0, 0.1) is 0 Å². The summed E-state index contributed by atoms with van der Waals surface area (Å²) in [6, 6.07) is 2.60. The molecule has 0 radical (unpaired) electrons. The molecule has 1 aromatic carbocycles. The third-order valence-corrected chi connectivity index (χ3v) is 2.64. The van der Waals surface area contributed by atoms with Crippen molar-refractivity contribution in [3.8, 4) is 22.8 Å². The van der Waals surface area contributed by atoms with Crippen LogP contribution in [-0.2, 0) is 6.18 Å². The van der Waals surface area contributed by atoms with Crippen LogP contribution in [0.5, 0.6) is 11.5 Å². The number of phenolic OH excluding ortho intramolecular Hbond substituents is 1. The number of carboxylic acids is 1. The monoisotopic (exact) mass is 303 g/mol. The van der Waals surface area contributed by atoms with Gasteiger partial charge in [-0.3, -0.25) is 0 Å². The number of carbonyl (C=O) groups is 1. The number of aromatic carboxylic acids is 1. The molecule has 0 aliphatic heterocycles. The van der Waals surface area contributed by atoms with Gasteiger partial charge in [0.1, 0.15) is 5.56 Å². The minimum Gasteiger partial charge on any atom is -0.504 e. The largest absolute Gasteiger partial charge is 0.504 e. The number of hydrogen-bond acceptors (Lipinski definition) is 5. The summed E-state index contributed by atoms with van der Waals surface area (Å²) < 4.78 is 47.5. The summed E-state index contributed by atoms with van der Waals surface area (Å²) in [4.78, 5) is 10.7. The zero-order valence-electron chi connectivity index (χ0n) is 10.4. The Hall–Kier alpha value is -2.71. The highest BCUT2D eigenvalue weighted by atomic mass is 19.4. The second kappa shape index (κ2) is 5.00. The molecule has 0 atom stereocenters. The Bertz CT molecular complexity index is 693. The van der Waals surface area contributed by atoms with Gasteiger partial charge < -0.3 is 19.5 Å². The standard InChI is InChI=1S/C12H8F3NO5/c1-20-10-6(12(13,14)15)3-2-5(9(10)17)8-4-7(11(18)19)16-21-8/h2-4,17H,1H3,(H,18,19). The summed E-state index contributed by atoms with van der Waals surface area (Å²) in [5.74, 6) is -3.17. The zero-order valence-corrected chi connectivity index (χ0v) is 10.4.